The molecular weight excluding hydrogens is 218 g/mol. The van der Waals surface area contributed by atoms with Gasteiger partial charge in [0.2, 0.25) is 0 Å². The van der Waals surface area contributed by atoms with Gasteiger partial charge in [0.1, 0.15) is 0 Å². The Kier molecular flexibility index (Phi) is 3.13. The van der Waals surface area contributed by atoms with Crippen molar-refractivity contribution < 1.29 is 4.79 Å². The molecule has 17 heavy (non-hydrogen) atoms. The summed E-state index contributed by atoms with van der Waals surface area (Å²) in [5.74, 6) is -0.243. The number of carbonyl (C=O) groups excluding carboxylic acids is 1. The van der Waals surface area contributed by atoms with Crippen LogP contribution in [-0.2, 0) is 0 Å². The van der Waals surface area contributed by atoms with Gasteiger partial charge in [-0.2, -0.15) is 15.4 Å². The van der Waals surface area contributed by atoms with E-state index in [1.165, 1.54) is 0 Å². The third kappa shape index (κ3) is 2.47. The smallest absolute Gasteiger partial charge is 0.274 e. The molecule has 0 aliphatic heterocycles. The Morgan fingerprint density at radius 3 is 2.88 bits per heavy atom. The molecule has 1 unspecified atom stereocenters. The third-order valence-corrected chi connectivity index (χ3v) is 2.47. The van der Waals surface area contributed by atoms with E-state index in [1.54, 1.807) is 19.3 Å². The average molecular weight is 231 g/mol. The van der Waals surface area contributed by atoms with E-state index in [-0.39, 0.29) is 11.9 Å². The molecule has 1 atom stereocenters. The molecule has 2 rings (SSSR count). The molecule has 0 saturated heterocycles. The van der Waals surface area contributed by atoms with E-state index in [4.69, 9.17) is 0 Å². The van der Waals surface area contributed by atoms with Crippen molar-refractivity contribution in [2.24, 2.45) is 0 Å². The quantitative estimate of drug-likeness (QED) is 0.825. The summed E-state index contributed by atoms with van der Waals surface area (Å²) >= 11 is 0. The van der Waals surface area contributed by atoms with Crippen LogP contribution < -0.4 is 5.32 Å². The highest BCUT2D eigenvalue weighted by atomic mass is 16.2. The Bertz CT molecular complexity index is 508. The maximum Gasteiger partial charge on any atom is 0.274 e. The molecule has 6 heteroatoms. The van der Waals surface area contributed by atoms with Crippen LogP contribution in [0.25, 0.3) is 0 Å². The molecule has 0 fully saturated rings. The van der Waals surface area contributed by atoms with Crippen LogP contribution in [0.3, 0.4) is 0 Å². The predicted molar refractivity (Wildman–Crippen MR) is 61.2 cm³/mol. The van der Waals surface area contributed by atoms with Gasteiger partial charge in [0.15, 0.2) is 5.69 Å². The van der Waals surface area contributed by atoms with Gasteiger partial charge in [0, 0.05) is 12.4 Å². The second-order valence-electron chi connectivity index (χ2n) is 3.74. The molecule has 2 aromatic rings. The Morgan fingerprint density at radius 1 is 1.47 bits per heavy atom. The zero-order valence-corrected chi connectivity index (χ0v) is 9.64. The van der Waals surface area contributed by atoms with Crippen LogP contribution in [-0.4, -0.2) is 26.3 Å². The standard InChI is InChI=1S/C11H13N5O/c1-7(9-4-3-5-12-6-9)13-11(17)10-8(2)14-16-15-10/h3-7H,1-2H3,(H,13,17)(H,14,15,16). The summed E-state index contributed by atoms with van der Waals surface area (Å²) in [6.45, 7) is 3.62. The van der Waals surface area contributed by atoms with Crippen LogP contribution in [0, 0.1) is 6.92 Å². The van der Waals surface area contributed by atoms with Gasteiger partial charge in [-0.05, 0) is 25.5 Å². The van der Waals surface area contributed by atoms with Gasteiger partial charge in [-0.15, -0.1) is 0 Å². The van der Waals surface area contributed by atoms with Crippen LogP contribution >= 0.6 is 0 Å². The number of nitrogens with zero attached hydrogens (tertiary/aromatic N) is 3. The zero-order chi connectivity index (χ0) is 12.3. The number of pyridine rings is 1. The summed E-state index contributed by atoms with van der Waals surface area (Å²) in [4.78, 5) is 15.9. The number of H-pyrrole nitrogens is 1. The van der Waals surface area contributed by atoms with Crippen molar-refractivity contribution in [3.63, 3.8) is 0 Å². The van der Waals surface area contributed by atoms with Crippen molar-refractivity contribution in [1.82, 2.24) is 25.7 Å². The lowest BCUT2D eigenvalue weighted by Crippen LogP contribution is -2.27. The highest BCUT2D eigenvalue weighted by Crippen LogP contribution is 2.11. The summed E-state index contributed by atoms with van der Waals surface area (Å²) in [7, 11) is 0. The van der Waals surface area contributed by atoms with Gasteiger partial charge in [-0.3, -0.25) is 9.78 Å². The number of carbonyl (C=O) groups is 1. The largest absolute Gasteiger partial charge is 0.344 e. The molecule has 1 amide bonds. The molecule has 88 valence electrons. The fraction of sp³-hybridized carbons (Fsp3) is 0.273. The summed E-state index contributed by atoms with van der Waals surface area (Å²) in [6, 6.07) is 3.62. The lowest BCUT2D eigenvalue weighted by molar-refractivity contribution is 0.0934. The Labute approximate surface area is 98.5 Å². The van der Waals surface area contributed by atoms with Crippen molar-refractivity contribution in [2.45, 2.75) is 19.9 Å². The fourth-order valence-corrected chi connectivity index (χ4v) is 1.48. The van der Waals surface area contributed by atoms with Crippen LogP contribution in [0.15, 0.2) is 24.5 Å². The molecule has 0 bridgehead atoms. The van der Waals surface area contributed by atoms with Crippen molar-refractivity contribution in [1.29, 1.82) is 0 Å². The summed E-state index contributed by atoms with van der Waals surface area (Å²) in [5.41, 5.74) is 1.85. The van der Waals surface area contributed by atoms with Gasteiger partial charge in [-0.1, -0.05) is 6.07 Å². The van der Waals surface area contributed by atoms with Crippen LogP contribution in [0.2, 0.25) is 0 Å². The number of nitrogens with one attached hydrogen (secondary N) is 2. The summed E-state index contributed by atoms with van der Waals surface area (Å²) in [6.07, 6.45) is 3.42. The van der Waals surface area contributed by atoms with E-state index in [0.717, 1.165) is 5.56 Å². The van der Waals surface area contributed by atoms with Gasteiger partial charge >= 0.3 is 0 Å². The number of hydrogen-bond acceptors (Lipinski definition) is 4. The maximum absolute atomic E-state index is 11.9. The number of aromatic amines is 1. The van der Waals surface area contributed by atoms with E-state index >= 15 is 0 Å². The molecule has 6 nitrogen and oxygen atoms in total. The van der Waals surface area contributed by atoms with Gasteiger partial charge in [0.05, 0.1) is 11.7 Å². The molecule has 0 aliphatic rings. The minimum absolute atomic E-state index is 0.118. The molecular formula is C11H13N5O. The van der Waals surface area contributed by atoms with Crippen molar-refractivity contribution in [3.8, 4) is 0 Å². The first-order valence-electron chi connectivity index (χ1n) is 5.26. The topological polar surface area (TPSA) is 83.6 Å². The van der Waals surface area contributed by atoms with E-state index in [1.807, 2.05) is 19.1 Å². The minimum atomic E-state index is -0.243. The number of aryl methyl sites for hydroxylation is 1. The molecule has 2 N–H and O–H groups in total. The number of aromatic nitrogens is 4. The molecule has 0 aromatic carbocycles. The van der Waals surface area contributed by atoms with E-state index in [2.05, 4.69) is 25.7 Å². The maximum atomic E-state index is 11.9. The third-order valence-electron chi connectivity index (χ3n) is 2.47. The SMILES string of the molecule is Cc1n[nH]nc1C(=O)NC(C)c1cccnc1. The summed E-state index contributed by atoms with van der Waals surface area (Å²) < 4.78 is 0. The predicted octanol–water partition coefficient (Wildman–Crippen LogP) is 0.999. The van der Waals surface area contributed by atoms with E-state index in [9.17, 15) is 4.79 Å². The molecule has 0 spiro atoms. The van der Waals surface area contributed by atoms with E-state index < -0.39 is 0 Å². The number of rotatable bonds is 3. The molecule has 0 aliphatic carbocycles. The minimum Gasteiger partial charge on any atom is -0.344 e. The average Bonchev–Trinajstić information content (AvgIpc) is 2.76. The zero-order valence-electron chi connectivity index (χ0n) is 9.64. The Morgan fingerprint density at radius 2 is 2.29 bits per heavy atom. The van der Waals surface area contributed by atoms with Gasteiger partial charge in [0.25, 0.3) is 5.91 Å². The van der Waals surface area contributed by atoms with Crippen LogP contribution in [0.5, 0.6) is 0 Å². The van der Waals surface area contributed by atoms with Crippen LogP contribution in [0.1, 0.15) is 34.7 Å². The van der Waals surface area contributed by atoms with Gasteiger partial charge in [-0.25, -0.2) is 0 Å². The molecule has 0 saturated carbocycles. The number of hydrogen-bond donors (Lipinski definition) is 2. The van der Waals surface area contributed by atoms with Crippen LogP contribution in [0.4, 0.5) is 0 Å². The van der Waals surface area contributed by atoms with E-state index in [0.29, 0.717) is 11.4 Å². The molecule has 2 heterocycles. The monoisotopic (exact) mass is 231 g/mol. The lowest BCUT2D eigenvalue weighted by Gasteiger charge is -2.12. The van der Waals surface area contributed by atoms with Gasteiger partial charge < -0.3 is 5.32 Å². The summed E-state index contributed by atoms with van der Waals surface area (Å²) in [5, 5.41) is 12.9. The highest BCUT2D eigenvalue weighted by molar-refractivity contribution is 5.93. The first-order valence-corrected chi connectivity index (χ1v) is 5.26. The Balaban J connectivity index is 2.08. The lowest BCUT2D eigenvalue weighted by atomic mass is 10.1. The second-order valence-corrected chi connectivity index (χ2v) is 3.74. The fourth-order valence-electron chi connectivity index (χ4n) is 1.48. The number of amides is 1. The Hall–Kier alpha value is -2.24. The van der Waals surface area contributed by atoms with Crippen molar-refractivity contribution in [2.75, 3.05) is 0 Å². The highest BCUT2D eigenvalue weighted by Gasteiger charge is 2.16. The first-order chi connectivity index (χ1) is 8.18. The second kappa shape index (κ2) is 4.73. The molecule has 2 aromatic heterocycles. The first kappa shape index (κ1) is 11.3. The van der Waals surface area contributed by atoms with Crippen molar-refractivity contribution >= 4 is 5.91 Å². The normalized spacial score (nSPS) is 12.1. The molecule has 0 radical (unpaired) electrons. The van der Waals surface area contributed by atoms with Crippen molar-refractivity contribution in [3.05, 3.63) is 41.5 Å².